The van der Waals surface area contributed by atoms with Crippen molar-refractivity contribution in [2.45, 2.75) is 45.3 Å². The van der Waals surface area contributed by atoms with Gasteiger partial charge < -0.3 is 14.8 Å². The molecule has 2 aromatic rings. The van der Waals surface area contributed by atoms with Crippen LogP contribution >= 0.6 is 0 Å². The molecule has 6 rings (SSSR count). The van der Waals surface area contributed by atoms with Crippen LogP contribution in [0.5, 0.6) is 5.75 Å². The summed E-state index contributed by atoms with van der Waals surface area (Å²) >= 11 is 0. The molecule has 32 heavy (non-hydrogen) atoms. The molecule has 0 saturated carbocycles. The molecule has 3 saturated heterocycles. The number of fused-ring (bicyclic) bond motifs is 4. The Hall–Kier alpha value is -2.60. The Balaban J connectivity index is 1.39. The van der Waals surface area contributed by atoms with Crippen molar-refractivity contribution in [3.63, 3.8) is 0 Å². The minimum absolute atomic E-state index is 0.0219. The molecule has 0 aromatic heterocycles. The van der Waals surface area contributed by atoms with E-state index in [0.717, 1.165) is 61.2 Å². The lowest BCUT2D eigenvalue weighted by Gasteiger charge is -2.44. The zero-order valence-corrected chi connectivity index (χ0v) is 19.0. The van der Waals surface area contributed by atoms with Crippen LogP contribution in [0.25, 0.3) is 11.1 Å². The molecule has 2 atom stereocenters. The number of ether oxygens (including phenoxy) is 2. The normalized spacial score (nSPS) is 27.6. The molecule has 0 radical (unpaired) electrons. The summed E-state index contributed by atoms with van der Waals surface area (Å²) < 4.78 is 25.4. The number of hydrogen-bond donors (Lipinski definition) is 1. The van der Waals surface area contributed by atoms with E-state index in [-0.39, 0.29) is 29.5 Å². The summed E-state index contributed by atoms with van der Waals surface area (Å²) in [5.74, 6) is 0.869. The third-order valence-corrected chi connectivity index (χ3v) is 7.45. The van der Waals surface area contributed by atoms with Crippen molar-refractivity contribution in [3.05, 3.63) is 53.3 Å². The first-order valence-corrected chi connectivity index (χ1v) is 11.5. The first kappa shape index (κ1) is 21.3. The van der Waals surface area contributed by atoms with Crippen molar-refractivity contribution < 1.29 is 18.7 Å². The minimum Gasteiger partial charge on any atom is -0.496 e. The lowest BCUT2D eigenvalue weighted by Crippen LogP contribution is -2.53. The number of hydrogen-bond acceptors (Lipinski definition) is 4. The molecule has 2 aromatic carbocycles. The van der Waals surface area contributed by atoms with E-state index in [0.29, 0.717) is 11.7 Å². The third kappa shape index (κ3) is 3.85. The molecule has 0 spiro atoms. The van der Waals surface area contributed by atoms with Gasteiger partial charge in [0.15, 0.2) is 0 Å². The number of benzene rings is 2. The van der Waals surface area contributed by atoms with Crippen LogP contribution in [0.15, 0.2) is 36.4 Å². The molecule has 1 amide bonds. The minimum atomic E-state index is -0.345. The second-order valence-corrected chi connectivity index (χ2v) is 10.1. The fraction of sp³-hybridized carbons (Fsp3) is 0.500. The first-order chi connectivity index (χ1) is 15.3. The number of nitrogens with zero attached hydrogens (tertiary/aromatic N) is 1. The monoisotopic (exact) mass is 438 g/mol. The molecule has 4 aliphatic rings. The lowest BCUT2D eigenvalue weighted by molar-refractivity contribution is -0.0349. The van der Waals surface area contributed by atoms with E-state index in [4.69, 9.17) is 9.47 Å². The van der Waals surface area contributed by atoms with Gasteiger partial charge in [0.05, 0.1) is 13.2 Å². The molecule has 3 heterocycles. The van der Waals surface area contributed by atoms with Crippen molar-refractivity contribution in [2.24, 2.45) is 11.3 Å². The number of nitrogens with one attached hydrogen (secondary N) is 1. The van der Waals surface area contributed by atoms with E-state index < -0.39 is 0 Å². The zero-order chi connectivity index (χ0) is 22.5. The molecule has 1 N–H and O–H groups in total. The molecule has 170 valence electrons. The number of carbonyl (C=O) groups is 1. The summed E-state index contributed by atoms with van der Waals surface area (Å²) in [6.07, 6.45) is 2.65. The van der Waals surface area contributed by atoms with Gasteiger partial charge in [-0.05, 0) is 84.6 Å². The van der Waals surface area contributed by atoms with E-state index in [2.05, 4.69) is 30.1 Å². The van der Waals surface area contributed by atoms with Gasteiger partial charge >= 0.3 is 6.09 Å². The Morgan fingerprint density at radius 2 is 1.97 bits per heavy atom. The van der Waals surface area contributed by atoms with Gasteiger partial charge in [0.1, 0.15) is 17.7 Å². The Morgan fingerprint density at radius 1 is 1.19 bits per heavy atom. The maximum absolute atomic E-state index is 13.8. The Labute approximate surface area is 188 Å². The standard InChI is InChI=1S/C26H31FN2O3/c1-26(2)14-18-12-20(17-5-4-6-19(27)11-17)22(31-3)13-21(18)24(26)28-25(30)32-23-15-29-9-7-16(23)8-10-29/h4-6,11-13,16,23-24H,7-10,14-15H2,1-3H3,(H,28,30)/t23-,24?/m1/s1. The average Bonchev–Trinajstić information content (AvgIpc) is 3.02. The van der Waals surface area contributed by atoms with Crippen LogP contribution in [0.3, 0.4) is 0 Å². The second kappa shape index (κ2) is 8.07. The molecule has 1 unspecified atom stereocenters. The van der Waals surface area contributed by atoms with Gasteiger partial charge in [0.25, 0.3) is 0 Å². The lowest BCUT2D eigenvalue weighted by atomic mass is 9.85. The van der Waals surface area contributed by atoms with Gasteiger partial charge in [-0.1, -0.05) is 26.0 Å². The molecule has 5 nitrogen and oxygen atoms in total. The summed E-state index contributed by atoms with van der Waals surface area (Å²) in [6.45, 7) is 7.37. The van der Waals surface area contributed by atoms with Gasteiger partial charge in [-0.2, -0.15) is 0 Å². The number of amides is 1. The Morgan fingerprint density at radius 3 is 2.62 bits per heavy atom. The largest absolute Gasteiger partial charge is 0.496 e. The average molecular weight is 439 g/mol. The van der Waals surface area contributed by atoms with Crippen molar-refractivity contribution in [2.75, 3.05) is 26.7 Å². The van der Waals surface area contributed by atoms with E-state index in [9.17, 15) is 9.18 Å². The maximum Gasteiger partial charge on any atom is 0.407 e. The number of halogens is 1. The van der Waals surface area contributed by atoms with E-state index >= 15 is 0 Å². The maximum atomic E-state index is 13.8. The van der Waals surface area contributed by atoms with Crippen molar-refractivity contribution in [3.8, 4) is 16.9 Å². The topological polar surface area (TPSA) is 50.8 Å². The molecular formula is C26H31FN2O3. The van der Waals surface area contributed by atoms with Crippen LogP contribution in [-0.2, 0) is 11.2 Å². The van der Waals surface area contributed by atoms with E-state index in [1.807, 2.05) is 12.1 Å². The highest BCUT2D eigenvalue weighted by Crippen LogP contribution is 2.48. The number of rotatable bonds is 4. The zero-order valence-electron chi connectivity index (χ0n) is 19.0. The van der Waals surface area contributed by atoms with E-state index in [1.54, 1.807) is 13.2 Å². The van der Waals surface area contributed by atoms with Crippen LogP contribution in [-0.4, -0.2) is 43.8 Å². The van der Waals surface area contributed by atoms with Crippen molar-refractivity contribution in [1.82, 2.24) is 10.2 Å². The molecule has 6 heteroatoms. The number of carbonyl (C=O) groups excluding carboxylic acids is 1. The summed E-state index contributed by atoms with van der Waals surface area (Å²) in [7, 11) is 1.62. The highest BCUT2D eigenvalue weighted by Gasteiger charge is 2.42. The highest BCUT2D eigenvalue weighted by molar-refractivity contribution is 5.74. The predicted octanol–water partition coefficient (Wildman–Crippen LogP) is 4.95. The second-order valence-electron chi connectivity index (χ2n) is 10.1. The molecule has 2 bridgehead atoms. The number of methoxy groups -OCH3 is 1. The fourth-order valence-corrected chi connectivity index (χ4v) is 5.73. The summed E-state index contributed by atoms with van der Waals surface area (Å²) in [5, 5.41) is 3.16. The van der Waals surface area contributed by atoms with Crippen LogP contribution in [0.2, 0.25) is 0 Å². The SMILES string of the molecule is COc1cc2c(cc1-c1cccc(F)c1)CC(C)(C)C2NC(=O)O[C@@H]1CN2CCC1CC2. The van der Waals surface area contributed by atoms with Gasteiger partial charge in [-0.3, -0.25) is 4.90 Å². The quantitative estimate of drug-likeness (QED) is 0.734. The molecular weight excluding hydrogens is 407 g/mol. The first-order valence-electron chi connectivity index (χ1n) is 11.5. The van der Waals surface area contributed by atoms with E-state index in [1.165, 1.54) is 12.1 Å². The van der Waals surface area contributed by atoms with Crippen molar-refractivity contribution >= 4 is 6.09 Å². The highest BCUT2D eigenvalue weighted by atomic mass is 19.1. The summed E-state index contributed by atoms with van der Waals surface area (Å²) in [5.41, 5.74) is 3.64. The summed E-state index contributed by atoms with van der Waals surface area (Å²) in [6, 6.07) is 10.4. The summed E-state index contributed by atoms with van der Waals surface area (Å²) in [4.78, 5) is 15.3. The van der Waals surface area contributed by atoms with Gasteiger partial charge in [0, 0.05) is 12.1 Å². The van der Waals surface area contributed by atoms with Gasteiger partial charge in [-0.15, -0.1) is 0 Å². The fourth-order valence-electron chi connectivity index (χ4n) is 5.73. The third-order valence-electron chi connectivity index (χ3n) is 7.45. The smallest absolute Gasteiger partial charge is 0.407 e. The van der Waals surface area contributed by atoms with Crippen LogP contribution in [0, 0.1) is 17.2 Å². The Bertz CT molecular complexity index is 1030. The Kier molecular flexibility index (Phi) is 5.36. The molecule has 1 aliphatic carbocycles. The van der Waals surface area contributed by atoms with Gasteiger partial charge in [-0.25, -0.2) is 9.18 Å². The van der Waals surface area contributed by atoms with Crippen LogP contribution < -0.4 is 10.1 Å². The van der Waals surface area contributed by atoms with Crippen LogP contribution in [0.1, 0.15) is 43.9 Å². The molecule has 3 aliphatic heterocycles. The van der Waals surface area contributed by atoms with Crippen LogP contribution in [0.4, 0.5) is 9.18 Å². The van der Waals surface area contributed by atoms with Gasteiger partial charge in [0.2, 0.25) is 0 Å². The predicted molar refractivity (Wildman–Crippen MR) is 121 cm³/mol. The number of alkyl carbamates (subject to hydrolysis) is 1. The number of piperidine rings is 3. The molecule has 3 fully saturated rings. The van der Waals surface area contributed by atoms with Crippen molar-refractivity contribution in [1.29, 1.82) is 0 Å².